The maximum Gasteiger partial charge on any atom is 0.311 e. The van der Waals surface area contributed by atoms with Crippen molar-refractivity contribution in [3.8, 4) is 0 Å². The van der Waals surface area contributed by atoms with Gasteiger partial charge in [-0.05, 0) is 24.8 Å². The standard InChI is InChI=1S/C12H15NO2.ClH/c13-10-6-7-12(10,11(14)15)8-9-4-2-1-3-5-9;/h1-5,10H,6-8,13H2,(H,14,15);1H. The lowest BCUT2D eigenvalue weighted by Gasteiger charge is -2.44. The van der Waals surface area contributed by atoms with Crippen LogP contribution >= 0.6 is 12.4 Å². The SMILES string of the molecule is Cl.NC1CCC1(Cc1ccccc1)C(=O)O. The van der Waals surface area contributed by atoms with Gasteiger partial charge in [-0.3, -0.25) is 4.79 Å². The molecule has 88 valence electrons. The van der Waals surface area contributed by atoms with Gasteiger partial charge in [0, 0.05) is 6.04 Å². The molecule has 0 bridgehead atoms. The molecule has 1 aromatic carbocycles. The first kappa shape index (κ1) is 13.0. The van der Waals surface area contributed by atoms with Gasteiger partial charge in [0.2, 0.25) is 0 Å². The highest BCUT2D eigenvalue weighted by Gasteiger charge is 2.50. The van der Waals surface area contributed by atoms with Crippen LogP contribution < -0.4 is 5.73 Å². The third-order valence-corrected chi connectivity index (χ3v) is 3.40. The fourth-order valence-electron chi connectivity index (χ4n) is 2.18. The van der Waals surface area contributed by atoms with E-state index in [0.717, 1.165) is 12.0 Å². The van der Waals surface area contributed by atoms with Crippen molar-refractivity contribution < 1.29 is 9.90 Å². The van der Waals surface area contributed by atoms with Crippen molar-refractivity contribution in [3.05, 3.63) is 35.9 Å². The molecule has 2 atom stereocenters. The average molecular weight is 242 g/mol. The Morgan fingerprint density at radius 2 is 2.06 bits per heavy atom. The predicted octanol–water partition coefficient (Wildman–Crippen LogP) is 1.84. The van der Waals surface area contributed by atoms with Gasteiger partial charge in [0.05, 0.1) is 5.41 Å². The summed E-state index contributed by atoms with van der Waals surface area (Å²) in [5.74, 6) is -0.759. The van der Waals surface area contributed by atoms with Crippen LogP contribution in [0.25, 0.3) is 0 Å². The molecule has 2 unspecified atom stereocenters. The molecule has 1 aromatic rings. The third-order valence-electron chi connectivity index (χ3n) is 3.40. The van der Waals surface area contributed by atoms with Crippen LogP contribution in [0.4, 0.5) is 0 Å². The van der Waals surface area contributed by atoms with Crippen LogP contribution in [0.15, 0.2) is 30.3 Å². The summed E-state index contributed by atoms with van der Waals surface area (Å²) in [5, 5.41) is 9.24. The lowest BCUT2D eigenvalue weighted by atomic mass is 9.62. The third kappa shape index (κ3) is 2.06. The van der Waals surface area contributed by atoms with Crippen molar-refractivity contribution in [3.63, 3.8) is 0 Å². The topological polar surface area (TPSA) is 63.3 Å². The van der Waals surface area contributed by atoms with Crippen molar-refractivity contribution in [2.24, 2.45) is 11.1 Å². The number of hydrogen-bond donors (Lipinski definition) is 2. The zero-order chi connectivity index (χ0) is 10.9. The Bertz CT molecular complexity index is 369. The fourth-order valence-corrected chi connectivity index (χ4v) is 2.18. The van der Waals surface area contributed by atoms with Gasteiger partial charge in [-0.15, -0.1) is 12.4 Å². The molecular formula is C12H16ClNO2. The molecule has 0 heterocycles. The first-order valence-electron chi connectivity index (χ1n) is 5.18. The van der Waals surface area contributed by atoms with Crippen LogP contribution in [0.3, 0.4) is 0 Å². The molecule has 0 amide bonds. The van der Waals surface area contributed by atoms with Crippen LogP contribution in [0.2, 0.25) is 0 Å². The van der Waals surface area contributed by atoms with E-state index in [0.29, 0.717) is 12.8 Å². The molecule has 0 radical (unpaired) electrons. The van der Waals surface area contributed by atoms with Gasteiger partial charge >= 0.3 is 5.97 Å². The highest BCUT2D eigenvalue weighted by Crippen LogP contribution is 2.42. The summed E-state index contributed by atoms with van der Waals surface area (Å²) < 4.78 is 0. The Labute approximate surface area is 101 Å². The molecule has 2 rings (SSSR count). The number of rotatable bonds is 3. The molecule has 1 aliphatic carbocycles. The van der Waals surface area contributed by atoms with Crippen molar-refractivity contribution >= 4 is 18.4 Å². The number of benzene rings is 1. The van der Waals surface area contributed by atoms with Crippen LogP contribution in [0, 0.1) is 5.41 Å². The van der Waals surface area contributed by atoms with Gasteiger partial charge in [-0.2, -0.15) is 0 Å². The second-order valence-electron chi connectivity index (χ2n) is 4.27. The Hall–Kier alpha value is -1.06. The number of nitrogens with two attached hydrogens (primary N) is 1. The number of carboxylic acid groups (broad SMARTS) is 1. The summed E-state index contributed by atoms with van der Waals surface area (Å²) in [6.07, 6.45) is 2.06. The molecule has 0 saturated heterocycles. The van der Waals surface area contributed by atoms with Gasteiger partial charge in [0.15, 0.2) is 0 Å². The Morgan fingerprint density at radius 3 is 2.44 bits per heavy atom. The van der Waals surface area contributed by atoms with Crippen LogP contribution in [-0.2, 0) is 11.2 Å². The van der Waals surface area contributed by atoms with Crippen molar-refractivity contribution in [1.29, 1.82) is 0 Å². The lowest BCUT2D eigenvalue weighted by Crippen LogP contribution is -2.56. The molecule has 1 saturated carbocycles. The van der Waals surface area contributed by atoms with E-state index in [2.05, 4.69) is 0 Å². The summed E-state index contributed by atoms with van der Waals surface area (Å²) in [4.78, 5) is 11.2. The van der Waals surface area contributed by atoms with Gasteiger partial charge < -0.3 is 10.8 Å². The first-order chi connectivity index (χ1) is 7.15. The maximum absolute atomic E-state index is 11.2. The summed E-state index contributed by atoms with van der Waals surface area (Å²) >= 11 is 0. The molecule has 3 N–H and O–H groups in total. The number of aliphatic carboxylic acids is 1. The van der Waals surface area contributed by atoms with E-state index < -0.39 is 11.4 Å². The van der Waals surface area contributed by atoms with E-state index >= 15 is 0 Å². The van der Waals surface area contributed by atoms with E-state index in [1.54, 1.807) is 0 Å². The molecule has 16 heavy (non-hydrogen) atoms. The number of carbonyl (C=O) groups is 1. The van der Waals surface area contributed by atoms with E-state index in [4.69, 9.17) is 5.73 Å². The minimum absolute atomic E-state index is 0. The first-order valence-corrected chi connectivity index (χ1v) is 5.18. The van der Waals surface area contributed by atoms with Crippen LogP contribution in [0.1, 0.15) is 18.4 Å². The Balaban J connectivity index is 0.00000128. The van der Waals surface area contributed by atoms with Gasteiger partial charge in [0.1, 0.15) is 0 Å². The number of hydrogen-bond acceptors (Lipinski definition) is 2. The zero-order valence-electron chi connectivity index (χ0n) is 8.93. The molecular weight excluding hydrogens is 226 g/mol. The van der Waals surface area contributed by atoms with Crippen molar-refractivity contribution in [2.75, 3.05) is 0 Å². The summed E-state index contributed by atoms with van der Waals surface area (Å²) in [7, 11) is 0. The normalized spacial score (nSPS) is 27.7. The molecule has 0 aromatic heterocycles. The predicted molar refractivity (Wildman–Crippen MR) is 64.7 cm³/mol. The second kappa shape index (κ2) is 4.85. The summed E-state index contributed by atoms with van der Waals surface area (Å²) in [6, 6.07) is 9.49. The minimum atomic E-state index is -0.759. The molecule has 3 nitrogen and oxygen atoms in total. The quantitative estimate of drug-likeness (QED) is 0.849. The van der Waals surface area contributed by atoms with E-state index in [9.17, 15) is 9.90 Å². The average Bonchev–Trinajstić information content (AvgIpc) is 2.24. The van der Waals surface area contributed by atoms with Crippen LogP contribution in [0.5, 0.6) is 0 Å². The van der Waals surface area contributed by atoms with Gasteiger partial charge in [-0.25, -0.2) is 0 Å². The Morgan fingerprint density at radius 1 is 1.44 bits per heavy atom. The molecule has 1 aliphatic rings. The number of carboxylic acids is 1. The smallest absolute Gasteiger partial charge is 0.311 e. The second-order valence-corrected chi connectivity index (χ2v) is 4.27. The molecule has 0 aliphatic heterocycles. The largest absolute Gasteiger partial charge is 0.481 e. The number of halogens is 1. The summed E-state index contributed by atoms with van der Waals surface area (Å²) in [5.41, 5.74) is 6.16. The van der Waals surface area contributed by atoms with Crippen molar-refractivity contribution in [2.45, 2.75) is 25.3 Å². The van der Waals surface area contributed by atoms with Crippen LogP contribution in [-0.4, -0.2) is 17.1 Å². The summed E-state index contributed by atoms with van der Waals surface area (Å²) in [6.45, 7) is 0. The highest BCUT2D eigenvalue weighted by molar-refractivity contribution is 5.85. The monoisotopic (exact) mass is 241 g/mol. The highest BCUT2D eigenvalue weighted by atomic mass is 35.5. The molecule has 1 fully saturated rings. The van der Waals surface area contributed by atoms with E-state index in [1.807, 2.05) is 30.3 Å². The Kier molecular flexibility index (Phi) is 3.94. The van der Waals surface area contributed by atoms with Gasteiger partial charge in [0.25, 0.3) is 0 Å². The molecule has 4 heteroatoms. The minimum Gasteiger partial charge on any atom is -0.481 e. The van der Waals surface area contributed by atoms with E-state index in [-0.39, 0.29) is 18.4 Å². The van der Waals surface area contributed by atoms with Crippen molar-refractivity contribution in [1.82, 2.24) is 0 Å². The van der Waals surface area contributed by atoms with E-state index in [1.165, 1.54) is 0 Å². The zero-order valence-corrected chi connectivity index (χ0v) is 9.74. The lowest BCUT2D eigenvalue weighted by molar-refractivity contribution is -0.156. The maximum atomic E-state index is 11.2. The fraction of sp³-hybridized carbons (Fsp3) is 0.417. The molecule has 0 spiro atoms. The van der Waals surface area contributed by atoms with Gasteiger partial charge in [-0.1, -0.05) is 30.3 Å².